The Morgan fingerprint density at radius 1 is 0.656 bits per heavy atom. The van der Waals surface area contributed by atoms with E-state index in [1.165, 1.54) is 50.6 Å². The van der Waals surface area contributed by atoms with E-state index >= 15 is 0 Å². The van der Waals surface area contributed by atoms with Gasteiger partial charge in [-0.25, -0.2) is 9.59 Å². The van der Waals surface area contributed by atoms with E-state index in [9.17, 15) is 19.8 Å². The summed E-state index contributed by atoms with van der Waals surface area (Å²) in [4.78, 5) is 23.0. The summed E-state index contributed by atoms with van der Waals surface area (Å²) in [5.41, 5.74) is 0.532. The van der Waals surface area contributed by atoms with E-state index in [1.807, 2.05) is 0 Å². The molecule has 0 aliphatic heterocycles. The molecule has 0 aliphatic carbocycles. The number of methoxy groups -OCH3 is 2. The largest absolute Gasteiger partial charge is 0.504 e. The van der Waals surface area contributed by atoms with Crippen molar-refractivity contribution in [3.05, 3.63) is 47.5 Å². The summed E-state index contributed by atoms with van der Waals surface area (Å²) in [5, 5.41) is 19.6. The second-order valence-electron chi connectivity index (χ2n) is 6.27. The molecule has 0 spiro atoms. The molecule has 2 rings (SSSR count). The average molecular weight is 450 g/mol. The number of hydrogen-bond donors (Lipinski definition) is 2. The Kier molecular flexibility index (Phi) is 10.1. The Morgan fingerprint density at radius 3 is 1.41 bits per heavy atom. The zero-order chi connectivity index (χ0) is 23.3. The molecule has 0 radical (unpaired) electrons. The molecule has 0 aromatic heterocycles. The summed E-state index contributed by atoms with van der Waals surface area (Å²) in [5.74, 6) is -0.931. The normalized spacial score (nSPS) is 10.4. The number of phenolic OH excluding ortho intramolecular Hbond substituents is 2. The third-order valence-electron chi connectivity index (χ3n) is 4.10. The predicted octanol–water partition coefficient (Wildman–Crippen LogP) is 2.16. The van der Waals surface area contributed by atoms with Gasteiger partial charge in [-0.1, -0.05) is 0 Å². The van der Waals surface area contributed by atoms with Crippen LogP contribution >= 0.6 is 0 Å². The molecule has 0 atom stereocenters. The van der Waals surface area contributed by atoms with Gasteiger partial charge in [-0.15, -0.1) is 0 Å². The van der Waals surface area contributed by atoms with Gasteiger partial charge in [0.2, 0.25) is 0 Å². The number of carbonyl (C=O) groups is 2. The predicted molar refractivity (Wildman–Crippen MR) is 112 cm³/mol. The maximum absolute atomic E-state index is 11.5. The first kappa shape index (κ1) is 24.8. The first-order valence-corrected chi connectivity index (χ1v) is 9.70. The van der Waals surface area contributed by atoms with Gasteiger partial charge in [0.1, 0.15) is 13.2 Å². The summed E-state index contributed by atoms with van der Waals surface area (Å²) in [6.07, 6.45) is 0. The molecule has 2 aromatic carbocycles. The van der Waals surface area contributed by atoms with Crippen LogP contribution in [0.25, 0.3) is 0 Å². The molecule has 2 N–H and O–H groups in total. The molecule has 0 unspecified atom stereocenters. The maximum Gasteiger partial charge on any atom is 0.337 e. The quantitative estimate of drug-likeness (QED) is 0.346. The molecule has 0 aliphatic rings. The lowest BCUT2D eigenvalue weighted by atomic mass is 10.2. The molecular formula is C22H26O10. The van der Waals surface area contributed by atoms with Gasteiger partial charge in [0, 0.05) is 0 Å². The Balaban J connectivity index is 1.58. The van der Waals surface area contributed by atoms with Crippen LogP contribution in [0.5, 0.6) is 23.0 Å². The van der Waals surface area contributed by atoms with Gasteiger partial charge in [-0.2, -0.15) is 0 Å². The van der Waals surface area contributed by atoms with Gasteiger partial charge >= 0.3 is 11.9 Å². The lowest BCUT2D eigenvalue weighted by Crippen LogP contribution is -2.13. The molecular weight excluding hydrogens is 424 g/mol. The smallest absolute Gasteiger partial charge is 0.337 e. The van der Waals surface area contributed by atoms with Crippen LogP contribution in [0.3, 0.4) is 0 Å². The van der Waals surface area contributed by atoms with Crippen molar-refractivity contribution in [1.82, 2.24) is 0 Å². The number of esters is 2. The van der Waals surface area contributed by atoms with Crippen molar-refractivity contribution in [3.63, 3.8) is 0 Å². The van der Waals surface area contributed by atoms with E-state index in [2.05, 4.69) is 9.47 Å². The highest BCUT2D eigenvalue weighted by atomic mass is 16.6. The van der Waals surface area contributed by atoms with Crippen LogP contribution in [-0.4, -0.2) is 76.0 Å². The van der Waals surface area contributed by atoms with Crippen LogP contribution in [0.2, 0.25) is 0 Å². The summed E-state index contributed by atoms with van der Waals surface area (Å²) in [7, 11) is 2.54. The number of ether oxygens (including phenoxy) is 6. The summed E-state index contributed by atoms with van der Waals surface area (Å²) in [6, 6.07) is 8.35. The van der Waals surface area contributed by atoms with Crippen molar-refractivity contribution >= 4 is 11.9 Å². The van der Waals surface area contributed by atoms with Gasteiger partial charge in [0.15, 0.2) is 23.0 Å². The van der Waals surface area contributed by atoms with Crippen LogP contribution in [0, 0.1) is 0 Å². The average Bonchev–Trinajstić information content (AvgIpc) is 2.81. The van der Waals surface area contributed by atoms with Crippen molar-refractivity contribution in [1.29, 1.82) is 0 Å². The third-order valence-corrected chi connectivity index (χ3v) is 4.10. The van der Waals surface area contributed by atoms with Gasteiger partial charge in [0.05, 0.1) is 51.8 Å². The molecule has 32 heavy (non-hydrogen) atoms. The topological polar surface area (TPSA) is 130 Å². The summed E-state index contributed by atoms with van der Waals surface area (Å²) >= 11 is 0. The second kappa shape index (κ2) is 13.0. The van der Waals surface area contributed by atoms with Crippen LogP contribution in [-0.2, 0) is 18.9 Å². The molecule has 2 aromatic rings. The maximum atomic E-state index is 11.5. The number of rotatable bonds is 13. The number of carbonyl (C=O) groups excluding carboxylic acids is 2. The highest BCUT2D eigenvalue weighted by molar-refractivity contribution is 5.90. The lowest BCUT2D eigenvalue weighted by molar-refractivity contribution is 0.0269. The molecule has 10 heteroatoms. The Bertz CT molecular complexity index is 823. The molecule has 0 saturated heterocycles. The zero-order valence-corrected chi connectivity index (χ0v) is 17.9. The monoisotopic (exact) mass is 450 g/mol. The van der Waals surface area contributed by atoms with Crippen LogP contribution < -0.4 is 9.47 Å². The number of phenols is 2. The standard InChI is InChI=1S/C22H26O10/c1-27-21(25)15-3-5-17(23)19(13-15)31-11-9-29-7-8-30-10-12-32-20-14-16(22(26)28-2)4-6-18(20)24/h3-6,13-14,23-24H,7-12H2,1-2H3. The fourth-order valence-corrected chi connectivity index (χ4v) is 2.49. The lowest BCUT2D eigenvalue weighted by Gasteiger charge is -2.11. The number of benzene rings is 2. The molecule has 0 heterocycles. The zero-order valence-electron chi connectivity index (χ0n) is 17.9. The SMILES string of the molecule is COC(=O)c1ccc(O)c(OCCOCCOCCOc2cc(C(=O)OC)ccc2O)c1. The first-order valence-electron chi connectivity index (χ1n) is 9.70. The molecule has 10 nitrogen and oxygen atoms in total. The highest BCUT2D eigenvalue weighted by Crippen LogP contribution is 2.28. The van der Waals surface area contributed by atoms with Gasteiger partial charge in [-0.05, 0) is 36.4 Å². The van der Waals surface area contributed by atoms with Crippen LogP contribution in [0.15, 0.2) is 36.4 Å². The van der Waals surface area contributed by atoms with Crippen molar-refractivity contribution in [2.75, 3.05) is 53.9 Å². The Morgan fingerprint density at radius 2 is 1.03 bits per heavy atom. The number of hydrogen-bond acceptors (Lipinski definition) is 10. The molecule has 0 amide bonds. The molecule has 0 fully saturated rings. The highest BCUT2D eigenvalue weighted by Gasteiger charge is 2.11. The van der Waals surface area contributed by atoms with Crippen molar-refractivity contribution in [3.8, 4) is 23.0 Å². The summed E-state index contributed by atoms with van der Waals surface area (Å²) in [6.45, 7) is 1.43. The fourth-order valence-electron chi connectivity index (χ4n) is 2.49. The fraction of sp³-hybridized carbons (Fsp3) is 0.364. The van der Waals surface area contributed by atoms with Gasteiger partial charge in [-0.3, -0.25) is 0 Å². The van der Waals surface area contributed by atoms with E-state index < -0.39 is 11.9 Å². The number of aromatic hydroxyl groups is 2. The Hall–Kier alpha value is -3.50. The second-order valence-corrected chi connectivity index (χ2v) is 6.27. The molecule has 0 bridgehead atoms. The van der Waals surface area contributed by atoms with Crippen molar-refractivity contribution in [2.45, 2.75) is 0 Å². The minimum atomic E-state index is -0.529. The van der Waals surface area contributed by atoms with E-state index in [-0.39, 0.29) is 60.6 Å². The minimum absolute atomic E-state index is 0.0934. The van der Waals surface area contributed by atoms with Crippen molar-refractivity contribution < 1.29 is 48.2 Å². The van der Waals surface area contributed by atoms with E-state index in [4.69, 9.17) is 18.9 Å². The molecule has 174 valence electrons. The van der Waals surface area contributed by atoms with E-state index in [1.54, 1.807) is 0 Å². The Labute approximate surface area is 185 Å². The van der Waals surface area contributed by atoms with Gasteiger partial charge in [0.25, 0.3) is 0 Å². The van der Waals surface area contributed by atoms with Crippen molar-refractivity contribution in [2.24, 2.45) is 0 Å². The van der Waals surface area contributed by atoms with Crippen LogP contribution in [0.1, 0.15) is 20.7 Å². The first-order chi connectivity index (χ1) is 15.5. The van der Waals surface area contributed by atoms with Crippen LogP contribution in [0.4, 0.5) is 0 Å². The minimum Gasteiger partial charge on any atom is -0.504 e. The van der Waals surface area contributed by atoms with Gasteiger partial charge < -0.3 is 38.6 Å². The van der Waals surface area contributed by atoms with E-state index in [0.29, 0.717) is 13.2 Å². The third kappa shape index (κ3) is 7.64. The molecule has 0 saturated carbocycles. The van der Waals surface area contributed by atoms with E-state index in [0.717, 1.165) is 0 Å². The summed E-state index contributed by atoms with van der Waals surface area (Å²) < 4.78 is 30.8.